The van der Waals surface area contributed by atoms with Crippen molar-refractivity contribution in [3.05, 3.63) is 64.7 Å². The number of hydrogen-bond donors (Lipinski definition) is 1. The van der Waals surface area contributed by atoms with E-state index in [4.69, 9.17) is 10.5 Å². The van der Waals surface area contributed by atoms with Crippen LogP contribution in [0.1, 0.15) is 28.3 Å². The van der Waals surface area contributed by atoms with Gasteiger partial charge in [-0.25, -0.2) is 0 Å². The van der Waals surface area contributed by atoms with E-state index in [1.807, 2.05) is 0 Å². The summed E-state index contributed by atoms with van der Waals surface area (Å²) in [5.41, 5.74) is 11.4. The Morgan fingerprint density at radius 3 is 2.84 bits per heavy atom. The van der Waals surface area contributed by atoms with E-state index in [9.17, 15) is 0 Å². The Morgan fingerprint density at radius 2 is 2.00 bits per heavy atom. The van der Waals surface area contributed by atoms with Crippen LogP contribution in [0.25, 0.3) is 0 Å². The third kappa shape index (κ3) is 2.36. The fourth-order valence-electron chi connectivity index (χ4n) is 2.72. The van der Waals surface area contributed by atoms with Gasteiger partial charge < -0.3 is 10.5 Å². The van der Waals surface area contributed by atoms with E-state index in [-0.39, 0.29) is 6.04 Å². The molecule has 0 saturated heterocycles. The summed E-state index contributed by atoms with van der Waals surface area (Å²) in [6.45, 7) is 2.91. The molecule has 0 spiro atoms. The van der Waals surface area contributed by atoms with Gasteiger partial charge in [0.05, 0.1) is 6.61 Å². The van der Waals surface area contributed by atoms with Crippen LogP contribution in [-0.2, 0) is 12.8 Å². The standard InChI is InChI=1S/C17H19NO/c1-12-5-2-3-6-14(12)11-16(18)15-8-4-7-13-9-10-19-17(13)15/h2-8,16H,9-11,18H2,1H3. The molecule has 2 N–H and O–H groups in total. The molecule has 2 aromatic rings. The third-order valence-corrected chi connectivity index (χ3v) is 3.85. The maximum absolute atomic E-state index is 6.39. The van der Waals surface area contributed by atoms with Gasteiger partial charge in [-0.05, 0) is 30.0 Å². The van der Waals surface area contributed by atoms with Crippen molar-refractivity contribution in [2.75, 3.05) is 6.61 Å². The molecule has 98 valence electrons. The highest BCUT2D eigenvalue weighted by molar-refractivity contribution is 5.46. The van der Waals surface area contributed by atoms with Gasteiger partial charge in [0.25, 0.3) is 0 Å². The number of ether oxygens (including phenoxy) is 1. The molecule has 0 bridgehead atoms. The van der Waals surface area contributed by atoms with Crippen LogP contribution in [0.15, 0.2) is 42.5 Å². The minimum atomic E-state index is -0.00542. The molecule has 0 aliphatic carbocycles. The lowest BCUT2D eigenvalue weighted by Crippen LogP contribution is -2.15. The smallest absolute Gasteiger partial charge is 0.127 e. The molecule has 1 unspecified atom stereocenters. The average Bonchev–Trinajstić information content (AvgIpc) is 2.89. The summed E-state index contributed by atoms with van der Waals surface area (Å²) in [5.74, 6) is 1.02. The van der Waals surface area contributed by atoms with Gasteiger partial charge in [0.2, 0.25) is 0 Å². The normalized spacial score (nSPS) is 14.8. The number of nitrogens with two attached hydrogens (primary N) is 1. The lowest BCUT2D eigenvalue weighted by atomic mass is 9.95. The number of para-hydroxylation sites is 1. The molecule has 2 nitrogen and oxygen atoms in total. The molecule has 0 saturated carbocycles. The van der Waals surface area contributed by atoms with Crippen molar-refractivity contribution in [3.8, 4) is 5.75 Å². The Hall–Kier alpha value is -1.80. The molecular formula is C17H19NO. The summed E-state index contributed by atoms with van der Waals surface area (Å²) in [5, 5.41) is 0. The number of aryl methyl sites for hydroxylation is 1. The van der Waals surface area contributed by atoms with Crippen LogP contribution in [0, 0.1) is 6.92 Å². The number of benzene rings is 2. The molecule has 1 atom stereocenters. The number of fused-ring (bicyclic) bond motifs is 1. The molecule has 2 aromatic carbocycles. The Bertz CT molecular complexity index is 592. The van der Waals surface area contributed by atoms with Gasteiger partial charge >= 0.3 is 0 Å². The first-order chi connectivity index (χ1) is 9.25. The quantitative estimate of drug-likeness (QED) is 0.912. The van der Waals surface area contributed by atoms with Crippen LogP contribution in [0.5, 0.6) is 5.75 Å². The van der Waals surface area contributed by atoms with Crippen molar-refractivity contribution in [3.63, 3.8) is 0 Å². The van der Waals surface area contributed by atoms with Crippen molar-refractivity contribution in [1.82, 2.24) is 0 Å². The van der Waals surface area contributed by atoms with Gasteiger partial charge in [-0.1, -0.05) is 42.5 Å². The highest BCUT2D eigenvalue weighted by atomic mass is 16.5. The molecule has 2 heteroatoms. The van der Waals surface area contributed by atoms with Gasteiger partial charge in [-0.15, -0.1) is 0 Å². The minimum Gasteiger partial charge on any atom is -0.493 e. The second-order valence-electron chi connectivity index (χ2n) is 5.17. The topological polar surface area (TPSA) is 35.2 Å². The van der Waals surface area contributed by atoms with E-state index < -0.39 is 0 Å². The van der Waals surface area contributed by atoms with Crippen molar-refractivity contribution < 1.29 is 4.74 Å². The van der Waals surface area contributed by atoms with E-state index in [0.29, 0.717) is 0 Å². The first-order valence-corrected chi connectivity index (χ1v) is 6.80. The zero-order chi connectivity index (χ0) is 13.2. The Labute approximate surface area is 114 Å². The van der Waals surface area contributed by atoms with E-state index in [0.717, 1.165) is 30.8 Å². The molecule has 19 heavy (non-hydrogen) atoms. The third-order valence-electron chi connectivity index (χ3n) is 3.85. The first kappa shape index (κ1) is 12.2. The molecule has 1 aliphatic heterocycles. The maximum atomic E-state index is 6.39. The van der Waals surface area contributed by atoms with Gasteiger partial charge in [0.15, 0.2) is 0 Å². The highest BCUT2D eigenvalue weighted by Gasteiger charge is 2.20. The second kappa shape index (κ2) is 5.06. The summed E-state index contributed by atoms with van der Waals surface area (Å²) < 4.78 is 5.74. The fourth-order valence-corrected chi connectivity index (χ4v) is 2.72. The molecule has 0 fully saturated rings. The van der Waals surface area contributed by atoms with E-state index in [1.54, 1.807) is 0 Å². The Morgan fingerprint density at radius 1 is 1.16 bits per heavy atom. The van der Waals surface area contributed by atoms with Gasteiger partial charge in [-0.3, -0.25) is 0 Å². The summed E-state index contributed by atoms with van der Waals surface area (Å²) in [6.07, 6.45) is 1.85. The molecule has 3 rings (SSSR count). The van der Waals surface area contributed by atoms with Crippen molar-refractivity contribution in [2.24, 2.45) is 5.73 Å². The monoisotopic (exact) mass is 253 g/mol. The number of rotatable bonds is 3. The minimum absolute atomic E-state index is 0.00542. The fraction of sp³-hybridized carbons (Fsp3) is 0.294. The summed E-state index contributed by atoms with van der Waals surface area (Å²) in [6, 6.07) is 14.7. The van der Waals surface area contributed by atoms with E-state index in [1.165, 1.54) is 16.7 Å². The van der Waals surface area contributed by atoms with E-state index in [2.05, 4.69) is 49.4 Å². The predicted molar refractivity (Wildman–Crippen MR) is 77.5 cm³/mol. The molecular weight excluding hydrogens is 234 g/mol. The largest absolute Gasteiger partial charge is 0.493 e. The van der Waals surface area contributed by atoms with Crippen LogP contribution < -0.4 is 10.5 Å². The Balaban J connectivity index is 1.87. The van der Waals surface area contributed by atoms with Gasteiger partial charge in [0.1, 0.15) is 5.75 Å². The summed E-state index contributed by atoms with van der Waals surface area (Å²) in [4.78, 5) is 0. The predicted octanol–water partition coefficient (Wildman–Crippen LogP) is 3.17. The highest BCUT2D eigenvalue weighted by Crippen LogP contribution is 2.33. The summed E-state index contributed by atoms with van der Waals surface area (Å²) in [7, 11) is 0. The molecule has 0 amide bonds. The second-order valence-corrected chi connectivity index (χ2v) is 5.17. The van der Waals surface area contributed by atoms with Crippen LogP contribution >= 0.6 is 0 Å². The summed E-state index contributed by atoms with van der Waals surface area (Å²) >= 11 is 0. The lowest BCUT2D eigenvalue weighted by Gasteiger charge is -2.16. The van der Waals surface area contributed by atoms with Crippen LogP contribution in [0.3, 0.4) is 0 Å². The van der Waals surface area contributed by atoms with Crippen LogP contribution in [0.2, 0.25) is 0 Å². The zero-order valence-corrected chi connectivity index (χ0v) is 11.2. The van der Waals surface area contributed by atoms with Crippen molar-refractivity contribution >= 4 is 0 Å². The molecule has 0 radical (unpaired) electrons. The SMILES string of the molecule is Cc1ccccc1CC(N)c1cccc2c1OCC2. The van der Waals surface area contributed by atoms with Crippen molar-refractivity contribution in [2.45, 2.75) is 25.8 Å². The number of hydrogen-bond acceptors (Lipinski definition) is 2. The first-order valence-electron chi connectivity index (χ1n) is 6.80. The van der Waals surface area contributed by atoms with Gasteiger partial charge in [-0.2, -0.15) is 0 Å². The zero-order valence-electron chi connectivity index (χ0n) is 11.2. The van der Waals surface area contributed by atoms with Crippen LogP contribution in [0.4, 0.5) is 0 Å². The molecule has 0 aromatic heterocycles. The average molecular weight is 253 g/mol. The lowest BCUT2D eigenvalue weighted by molar-refractivity contribution is 0.351. The molecule has 1 heterocycles. The molecule has 1 aliphatic rings. The van der Waals surface area contributed by atoms with Crippen LogP contribution in [-0.4, -0.2) is 6.61 Å². The maximum Gasteiger partial charge on any atom is 0.127 e. The van der Waals surface area contributed by atoms with E-state index >= 15 is 0 Å². The van der Waals surface area contributed by atoms with Gasteiger partial charge in [0, 0.05) is 18.0 Å². The Kier molecular flexibility index (Phi) is 3.26. The van der Waals surface area contributed by atoms with Crippen molar-refractivity contribution in [1.29, 1.82) is 0 Å².